The highest BCUT2D eigenvalue weighted by Gasteiger charge is 2.40. The van der Waals surface area contributed by atoms with Crippen LogP contribution in [0.2, 0.25) is 0 Å². The Balaban J connectivity index is 2.32. The second kappa shape index (κ2) is 5.30. The van der Waals surface area contributed by atoms with Crippen LogP contribution in [-0.2, 0) is 15.0 Å². The van der Waals surface area contributed by atoms with Crippen molar-refractivity contribution in [1.29, 1.82) is 0 Å². The molecule has 1 aliphatic heterocycles. The van der Waals surface area contributed by atoms with E-state index in [9.17, 15) is 35.4 Å². The van der Waals surface area contributed by atoms with Gasteiger partial charge in [0.25, 0.3) is 0 Å². The van der Waals surface area contributed by atoms with E-state index in [1.807, 2.05) is 0 Å². The lowest BCUT2D eigenvalue weighted by molar-refractivity contribution is -0.274. The van der Waals surface area contributed by atoms with E-state index in [1.165, 1.54) is 0 Å². The summed E-state index contributed by atoms with van der Waals surface area (Å²) in [6.45, 7) is -0.610. The number of benzene rings is 1. The van der Waals surface area contributed by atoms with Gasteiger partial charge < -0.3 is 14.7 Å². The number of halogens is 4. The second-order valence-electron chi connectivity index (χ2n) is 4.50. The summed E-state index contributed by atoms with van der Waals surface area (Å²) in [5.74, 6) is -2.12. The third-order valence-electron chi connectivity index (χ3n) is 2.96. The molecule has 0 bridgehead atoms. The summed E-state index contributed by atoms with van der Waals surface area (Å²) in [7, 11) is -4.98. The zero-order chi connectivity index (χ0) is 16.7. The Hall–Kier alpha value is -2.04. The molecule has 1 amide bonds. The summed E-state index contributed by atoms with van der Waals surface area (Å²) in [6, 6.07) is 2.38. The Bertz CT molecular complexity index is 703. The Morgan fingerprint density at radius 1 is 1.32 bits per heavy atom. The first kappa shape index (κ1) is 16.3. The zero-order valence-electron chi connectivity index (χ0n) is 10.7. The van der Waals surface area contributed by atoms with Crippen LogP contribution in [-0.4, -0.2) is 37.6 Å². The van der Waals surface area contributed by atoms with Gasteiger partial charge in [-0.05, 0) is 12.1 Å². The summed E-state index contributed by atoms with van der Waals surface area (Å²) < 4.78 is 74.6. The summed E-state index contributed by atoms with van der Waals surface area (Å²) in [5, 5.41) is 7.99. The lowest BCUT2D eigenvalue weighted by Crippen LogP contribution is -2.27. The molecule has 1 fully saturated rings. The van der Waals surface area contributed by atoms with E-state index in [0.717, 1.165) is 12.1 Å². The first-order valence-corrected chi connectivity index (χ1v) is 7.24. The number of anilines is 1. The van der Waals surface area contributed by atoms with Crippen molar-refractivity contribution in [1.82, 2.24) is 0 Å². The van der Waals surface area contributed by atoms with Crippen molar-refractivity contribution in [3.8, 4) is 11.5 Å². The Morgan fingerprint density at radius 3 is 2.45 bits per heavy atom. The molecule has 1 aromatic rings. The number of phenols is 1. The fourth-order valence-electron chi connectivity index (χ4n) is 2.01. The van der Waals surface area contributed by atoms with Gasteiger partial charge in [0, 0.05) is 19.0 Å². The van der Waals surface area contributed by atoms with Gasteiger partial charge in [-0.15, -0.1) is 17.1 Å². The molecule has 0 spiro atoms. The minimum atomic E-state index is -4.98. The number of rotatable bonds is 3. The topological polar surface area (TPSA) is 83.9 Å². The van der Waals surface area contributed by atoms with E-state index < -0.39 is 57.9 Å². The fourth-order valence-corrected chi connectivity index (χ4v) is 2.68. The molecule has 1 aromatic carbocycles. The van der Waals surface area contributed by atoms with Crippen LogP contribution in [0.4, 0.5) is 22.7 Å². The Kier molecular flexibility index (Phi) is 3.94. The first-order valence-electron chi connectivity index (χ1n) is 5.80. The maximum atomic E-state index is 12.9. The highest BCUT2D eigenvalue weighted by molar-refractivity contribution is 7.87. The molecule has 1 N–H and O–H groups in total. The van der Waals surface area contributed by atoms with Crippen LogP contribution in [0.1, 0.15) is 6.42 Å². The van der Waals surface area contributed by atoms with Crippen LogP contribution in [0, 0.1) is 0 Å². The van der Waals surface area contributed by atoms with Gasteiger partial charge in [0.2, 0.25) is 5.91 Å². The molecule has 2 rings (SSSR count). The second-order valence-corrected chi connectivity index (χ2v) is 6.12. The summed E-state index contributed by atoms with van der Waals surface area (Å²) >= 11 is 0. The lowest BCUT2D eigenvalue weighted by Gasteiger charge is -2.19. The molecule has 22 heavy (non-hydrogen) atoms. The molecule has 1 aliphatic rings. The predicted molar refractivity (Wildman–Crippen MR) is 65.6 cm³/mol. The predicted octanol–water partition coefficient (Wildman–Crippen LogP) is 1.70. The normalized spacial score (nSPS) is 19.5. The average Bonchev–Trinajstić information content (AvgIpc) is 2.72. The van der Waals surface area contributed by atoms with Gasteiger partial charge in [-0.3, -0.25) is 4.79 Å². The van der Waals surface area contributed by atoms with Crippen molar-refractivity contribution in [3.63, 3.8) is 0 Å². The van der Waals surface area contributed by atoms with Gasteiger partial charge in [0.15, 0.2) is 0 Å². The van der Waals surface area contributed by atoms with Crippen molar-refractivity contribution in [2.75, 3.05) is 11.4 Å². The van der Waals surface area contributed by atoms with E-state index >= 15 is 0 Å². The van der Waals surface area contributed by atoms with Crippen LogP contribution in [0.5, 0.6) is 11.5 Å². The van der Waals surface area contributed by atoms with Crippen molar-refractivity contribution >= 4 is 21.8 Å². The average molecular weight is 343 g/mol. The maximum absolute atomic E-state index is 12.9. The molecule has 0 radical (unpaired) electrons. The van der Waals surface area contributed by atoms with Crippen molar-refractivity contribution in [2.45, 2.75) is 18.0 Å². The number of nitrogens with zero attached hydrogens (tertiary/aromatic N) is 1. The van der Waals surface area contributed by atoms with Gasteiger partial charge >= 0.3 is 16.6 Å². The van der Waals surface area contributed by atoms with Gasteiger partial charge in [0.1, 0.15) is 16.7 Å². The quantitative estimate of drug-likeness (QED) is 0.667. The summed E-state index contributed by atoms with van der Waals surface area (Å²) in [5.41, 5.74) is -0.391. The number of phenolic OH excluding ortho intramolecular Hbond substituents is 1. The molecular formula is C11H9F4NO5S. The number of carbonyl (C=O) groups is 1. The first-order chi connectivity index (χ1) is 9.97. The number of carbonyl (C=O) groups excluding carboxylic acids is 1. The largest absolute Gasteiger partial charge is 0.573 e. The van der Waals surface area contributed by atoms with E-state index in [1.54, 1.807) is 0 Å². The molecule has 0 saturated carbocycles. The van der Waals surface area contributed by atoms with Crippen molar-refractivity contribution in [2.24, 2.45) is 0 Å². The van der Waals surface area contributed by atoms with Gasteiger partial charge in [-0.1, -0.05) is 0 Å². The Morgan fingerprint density at radius 2 is 1.95 bits per heavy atom. The number of amides is 1. The zero-order valence-corrected chi connectivity index (χ0v) is 11.5. The molecular weight excluding hydrogens is 334 g/mol. The molecule has 1 atom stereocenters. The highest BCUT2D eigenvalue weighted by atomic mass is 32.3. The number of hydrogen-bond donors (Lipinski definition) is 1. The molecule has 6 nitrogen and oxygen atoms in total. The van der Waals surface area contributed by atoms with Crippen LogP contribution in [0.25, 0.3) is 0 Å². The molecule has 1 saturated heterocycles. The summed E-state index contributed by atoms with van der Waals surface area (Å²) in [4.78, 5) is 12.4. The molecule has 0 aliphatic carbocycles. The van der Waals surface area contributed by atoms with Crippen molar-refractivity contribution in [3.05, 3.63) is 18.2 Å². The molecule has 11 heteroatoms. The minimum absolute atomic E-state index is 0.391. The van der Waals surface area contributed by atoms with E-state index in [4.69, 9.17) is 0 Å². The molecule has 0 aromatic heterocycles. The monoisotopic (exact) mass is 343 g/mol. The minimum Gasteiger partial charge on any atom is -0.506 e. The van der Waals surface area contributed by atoms with Gasteiger partial charge in [-0.25, -0.2) is 0 Å². The summed E-state index contributed by atoms with van der Waals surface area (Å²) in [6.07, 6.45) is -5.64. The van der Waals surface area contributed by atoms with E-state index in [-0.39, 0.29) is 0 Å². The highest BCUT2D eigenvalue weighted by Crippen LogP contribution is 2.36. The number of aromatic hydroxyl groups is 1. The standard InChI is InChI=1S/C11H9F4NO5S/c12-11(13,14)21-6-1-2-9(17)8(3-6)16-5-7(4-10(16)18)22(15,19)20/h1-3,7,17H,4-5H2. The SMILES string of the molecule is O=C1CC(S(=O)(=O)F)CN1c1cc(OC(F)(F)F)ccc1O. The molecule has 1 heterocycles. The molecule has 1 unspecified atom stereocenters. The van der Waals surface area contributed by atoms with E-state index in [2.05, 4.69) is 4.74 Å². The van der Waals surface area contributed by atoms with Crippen LogP contribution >= 0.6 is 0 Å². The third kappa shape index (κ3) is 3.59. The third-order valence-corrected chi connectivity index (χ3v) is 4.07. The fraction of sp³-hybridized carbons (Fsp3) is 0.364. The lowest BCUT2D eigenvalue weighted by atomic mass is 10.2. The maximum Gasteiger partial charge on any atom is 0.573 e. The van der Waals surface area contributed by atoms with Crippen LogP contribution in [0.15, 0.2) is 18.2 Å². The van der Waals surface area contributed by atoms with Crippen molar-refractivity contribution < 1.29 is 40.1 Å². The number of hydrogen-bond acceptors (Lipinski definition) is 5. The smallest absolute Gasteiger partial charge is 0.506 e. The van der Waals surface area contributed by atoms with E-state index in [0.29, 0.717) is 11.0 Å². The Labute approximate surface area is 122 Å². The van der Waals surface area contributed by atoms with Gasteiger partial charge in [0.05, 0.1) is 5.69 Å². The van der Waals surface area contributed by atoms with Crippen LogP contribution in [0.3, 0.4) is 0 Å². The van der Waals surface area contributed by atoms with Crippen LogP contribution < -0.4 is 9.64 Å². The van der Waals surface area contributed by atoms with Gasteiger partial charge in [-0.2, -0.15) is 8.42 Å². The molecule has 122 valence electrons. The number of ether oxygens (including phenoxy) is 1. The number of alkyl halides is 3.